The maximum atomic E-state index is 10.0. The number of hydrogen-bond donors (Lipinski definition) is 1. The van der Waals surface area contributed by atoms with Crippen LogP contribution in [0, 0.1) is 0 Å². The molecule has 0 aromatic heterocycles. The fraction of sp³-hybridized carbons (Fsp3) is 0.875. The minimum Gasteiger partial charge on any atom is -0.449 e. The first-order valence-electron chi connectivity index (χ1n) is 4.21. The van der Waals surface area contributed by atoms with E-state index in [4.69, 9.17) is 4.74 Å². The molecule has 0 amide bonds. The second-order valence-corrected chi connectivity index (χ2v) is 3.54. The minimum absolute atomic E-state index is 0. The average Bonchev–Trinajstić information content (AvgIpc) is 2.70. The Kier molecular flexibility index (Phi) is 2.96. The number of ether oxygens (including phenoxy) is 1. The van der Waals surface area contributed by atoms with Crippen LogP contribution in [-0.2, 0) is 9.53 Å². The maximum absolute atomic E-state index is 10.0. The third-order valence-corrected chi connectivity index (χ3v) is 2.66. The summed E-state index contributed by atoms with van der Waals surface area (Å²) in [7, 11) is 0. The Morgan fingerprint density at radius 1 is 1.42 bits per heavy atom. The molecule has 0 bridgehead atoms. The van der Waals surface area contributed by atoms with Crippen LogP contribution in [0.3, 0.4) is 0 Å². The van der Waals surface area contributed by atoms with Gasteiger partial charge in [-0.2, -0.15) is 0 Å². The summed E-state index contributed by atoms with van der Waals surface area (Å²) in [5.74, 6) is 0. The molecule has 70 valence electrons. The topological polar surface area (TPSA) is 38.3 Å². The molecule has 0 radical (unpaired) electrons. The maximum Gasteiger partial charge on any atom is 0.294 e. The van der Waals surface area contributed by atoms with Gasteiger partial charge in [-0.15, -0.1) is 12.4 Å². The zero-order chi connectivity index (χ0) is 7.73. The third kappa shape index (κ3) is 1.90. The minimum atomic E-state index is -0.0104. The third-order valence-electron chi connectivity index (χ3n) is 2.66. The van der Waals surface area contributed by atoms with E-state index in [-0.39, 0.29) is 18.6 Å². The lowest BCUT2D eigenvalue weighted by Crippen LogP contribution is -2.45. The lowest BCUT2D eigenvalue weighted by molar-refractivity contribution is -0.137. The lowest BCUT2D eigenvalue weighted by atomic mass is 10.0. The van der Waals surface area contributed by atoms with Gasteiger partial charge in [-0.25, -0.2) is 0 Å². The van der Waals surface area contributed by atoms with Crippen molar-refractivity contribution >= 4 is 18.9 Å². The van der Waals surface area contributed by atoms with E-state index in [0.717, 1.165) is 6.42 Å². The van der Waals surface area contributed by atoms with Gasteiger partial charge in [-0.1, -0.05) is 0 Å². The van der Waals surface area contributed by atoms with Crippen LogP contribution in [0.1, 0.15) is 32.1 Å². The van der Waals surface area contributed by atoms with Gasteiger partial charge in [0.05, 0.1) is 0 Å². The van der Waals surface area contributed by atoms with Crippen molar-refractivity contribution in [3.05, 3.63) is 0 Å². The lowest BCUT2D eigenvalue weighted by Gasteiger charge is -2.29. The number of hydrogen-bond acceptors (Lipinski definition) is 3. The SMILES string of the molecule is Cl.O=COC1CCCC2(CC2)N1. The molecule has 1 saturated carbocycles. The smallest absolute Gasteiger partial charge is 0.294 e. The van der Waals surface area contributed by atoms with Crippen molar-refractivity contribution in [2.24, 2.45) is 0 Å². The molecule has 1 aliphatic carbocycles. The molecule has 2 aliphatic rings. The normalized spacial score (nSPS) is 30.5. The van der Waals surface area contributed by atoms with E-state index in [9.17, 15) is 4.79 Å². The highest BCUT2D eigenvalue weighted by molar-refractivity contribution is 5.85. The summed E-state index contributed by atoms with van der Waals surface area (Å²) in [6.07, 6.45) is 5.92. The molecule has 3 nitrogen and oxygen atoms in total. The van der Waals surface area contributed by atoms with Gasteiger partial charge >= 0.3 is 0 Å². The number of nitrogens with one attached hydrogen (secondary N) is 1. The Morgan fingerprint density at radius 2 is 2.17 bits per heavy atom. The molecule has 2 fully saturated rings. The molecule has 4 heteroatoms. The molecule has 1 aliphatic heterocycles. The van der Waals surface area contributed by atoms with Crippen LogP contribution in [-0.4, -0.2) is 18.2 Å². The summed E-state index contributed by atoms with van der Waals surface area (Å²) < 4.78 is 4.87. The number of carbonyl (C=O) groups is 1. The summed E-state index contributed by atoms with van der Waals surface area (Å²) in [6.45, 7) is 0.541. The highest BCUT2D eigenvalue weighted by atomic mass is 35.5. The molecule has 1 saturated heterocycles. The zero-order valence-electron chi connectivity index (χ0n) is 6.91. The summed E-state index contributed by atoms with van der Waals surface area (Å²) in [4.78, 5) is 10.0. The fourth-order valence-corrected chi connectivity index (χ4v) is 1.83. The largest absolute Gasteiger partial charge is 0.449 e. The van der Waals surface area contributed by atoms with Gasteiger partial charge in [-0.05, 0) is 32.1 Å². The summed E-state index contributed by atoms with van der Waals surface area (Å²) in [6, 6.07) is 0. The van der Waals surface area contributed by atoms with E-state index < -0.39 is 0 Å². The molecule has 1 N–H and O–H groups in total. The molecule has 1 atom stereocenters. The molecule has 0 aromatic carbocycles. The predicted molar refractivity (Wildman–Crippen MR) is 47.1 cm³/mol. The van der Waals surface area contributed by atoms with Crippen molar-refractivity contribution in [3.8, 4) is 0 Å². The van der Waals surface area contributed by atoms with Gasteiger partial charge in [0.15, 0.2) is 6.23 Å². The van der Waals surface area contributed by atoms with Crippen LogP contribution in [0.5, 0.6) is 0 Å². The highest BCUT2D eigenvalue weighted by Gasteiger charge is 2.45. The molecule has 2 rings (SSSR count). The standard InChI is InChI=1S/C8H13NO2.ClH/c10-6-11-7-2-1-3-8(9-7)4-5-8;/h6-7,9H,1-5H2;1H. The van der Waals surface area contributed by atoms with Crippen LogP contribution < -0.4 is 5.32 Å². The van der Waals surface area contributed by atoms with E-state index in [2.05, 4.69) is 5.32 Å². The zero-order valence-corrected chi connectivity index (χ0v) is 7.73. The Bertz CT molecular complexity index is 170. The average molecular weight is 192 g/mol. The first kappa shape index (κ1) is 9.81. The van der Waals surface area contributed by atoms with Gasteiger partial charge in [0.1, 0.15) is 0 Å². The predicted octanol–water partition coefficient (Wildman–Crippen LogP) is 1.21. The molecular formula is C8H14ClNO2. The Hall–Kier alpha value is -0.280. The molecule has 1 spiro atoms. The van der Waals surface area contributed by atoms with E-state index in [0.29, 0.717) is 12.0 Å². The van der Waals surface area contributed by atoms with Gasteiger partial charge in [-0.3, -0.25) is 10.1 Å². The monoisotopic (exact) mass is 191 g/mol. The van der Waals surface area contributed by atoms with Gasteiger partial charge < -0.3 is 4.74 Å². The van der Waals surface area contributed by atoms with E-state index >= 15 is 0 Å². The molecule has 1 heterocycles. The van der Waals surface area contributed by atoms with Crippen molar-refractivity contribution in [1.29, 1.82) is 0 Å². The summed E-state index contributed by atoms with van der Waals surface area (Å²) in [5, 5.41) is 3.35. The second-order valence-electron chi connectivity index (χ2n) is 3.54. The molecular weight excluding hydrogens is 178 g/mol. The van der Waals surface area contributed by atoms with Crippen molar-refractivity contribution in [2.75, 3.05) is 0 Å². The molecule has 0 aromatic rings. The van der Waals surface area contributed by atoms with E-state index in [1.807, 2.05) is 0 Å². The van der Waals surface area contributed by atoms with Gasteiger partial charge in [0.25, 0.3) is 6.47 Å². The first-order chi connectivity index (χ1) is 5.35. The highest BCUT2D eigenvalue weighted by Crippen LogP contribution is 2.43. The van der Waals surface area contributed by atoms with Crippen molar-refractivity contribution in [1.82, 2.24) is 5.32 Å². The van der Waals surface area contributed by atoms with E-state index in [1.54, 1.807) is 0 Å². The second kappa shape index (κ2) is 3.62. The Labute approximate surface area is 78.3 Å². The van der Waals surface area contributed by atoms with Crippen LogP contribution in [0.15, 0.2) is 0 Å². The van der Waals surface area contributed by atoms with Gasteiger partial charge in [0.2, 0.25) is 0 Å². The van der Waals surface area contributed by atoms with Crippen molar-refractivity contribution in [3.63, 3.8) is 0 Å². The summed E-state index contributed by atoms with van der Waals surface area (Å²) >= 11 is 0. The molecule has 1 unspecified atom stereocenters. The molecule has 12 heavy (non-hydrogen) atoms. The number of carbonyl (C=O) groups excluding carboxylic acids is 1. The van der Waals surface area contributed by atoms with E-state index in [1.165, 1.54) is 25.7 Å². The van der Waals surface area contributed by atoms with Crippen LogP contribution >= 0.6 is 12.4 Å². The van der Waals surface area contributed by atoms with Crippen molar-refractivity contribution < 1.29 is 9.53 Å². The first-order valence-corrected chi connectivity index (χ1v) is 4.21. The number of piperidine rings is 1. The Morgan fingerprint density at radius 3 is 2.75 bits per heavy atom. The fourth-order valence-electron chi connectivity index (χ4n) is 1.83. The van der Waals surface area contributed by atoms with Crippen LogP contribution in [0.4, 0.5) is 0 Å². The quantitative estimate of drug-likeness (QED) is 0.667. The Balaban J connectivity index is 0.000000720. The van der Waals surface area contributed by atoms with Crippen LogP contribution in [0.2, 0.25) is 0 Å². The van der Waals surface area contributed by atoms with Gasteiger partial charge in [0, 0.05) is 5.54 Å². The summed E-state index contributed by atoms with van der Waals surface area (Å²) in [5.41, 5.74) is 0.367. The number of rotatable bonds is 2. The number of halogens is 1. The van der Waals surface area contributed by atoms with Crippen molar-refractivity contribution in [2.45, 2.75) is 43.9 Å². The van der Waals surface area contributed by atoms with Crippen LogP contribution in [0.25, 0.3) is 0 Å².